The lowest BCUT2D eigenvalue weighted by atomic mass is 10.1. The molecule has 0 spiro atoms. The highest BCUT2D eigenvalue weighted by molar-refractivity contribution is 5.96. The number of aromatic nitrogens is 1. The number of fused-ring (bicyclic) bond motifs is 2. The summed E-state index contributed by atoms with van der Waals surface area (Å²) in [6.45, 7) is 1.45. The number of rotatable bonds is 2. The number of nitrogens with zero attached hydrogens (tertiary/aromatic N) is 1. The molecule has 17 heavy (non-hydrogen) atoms. The molecule has 2 aromatic carbocycles. The number of ether oxygens (including phenoxy) is 1. The molecule has 1 heterocycles. The molecule has 0 fully saturated rings. The third-order valence-electron chi connectivity index (χ3n) is 2.67. The highest BCUT2D eigenvalue weighted by atomic mass is 16.5. The van der Waals surface area contributed by atoms with E-state index in [1.165, 1.54) is 6.47 Å². The molecule has 3 heteroatoms. The van der Waals surface area contributed by atoms with Crippen molar-refractivity contribution in [1.29, 1.82) is 0 Å². The number of hydrogen-bond donors (Lipinski definition) is 0. The second kappa shape index (κ2) is 3.87. The van der Waals surface area contributed by atoms with Crippen molar-refractivity contribution in [2.45, 2.75) is 0 Å². The molecule has 0 aliphatic rings. The largest absolute Gasteiger partial charge is 0.423 e. The van der Waals surface area contributed by atoms with E-state index in [1.54, 1.807) is 12.1 Å². The van der Waals surface area contributed by atoms with E-state index in [1.807, 2.05) is 36.4 Å². The third-order valence-corrected chi connectivity index (χ3v) is 2.67. The van der Waals surface area contributed by atoms with Gasteiger partial charge in [0.2, 0.25) is 0 Å². The van der Waals surface area contributed by atoms with Gasteiger partial charge in [-0.05, 0) is 24.3 Å². The number of hydrogen-bond acceptors (Lipinski definition) is 3. The molecule has 3 rings (SSSR count). The summed E-state index contributed by atoms with van der Waals surface area (Å²) in [6.07, 6.45) is 0. The molecule has 3 aromatic rings. The Morgan fingerprint density at radius 2 is 1.82 bits per heavy atom. The quantitative estimate of drug-likeness (QED) is 0.626. The van der Waals surface area contributed by atoms with Crippen LogP contribution in [-0.2, 0) is 4.79 Å². The Bertz CT molecular complexity index is 707. The molecule has 0 aliphatic heterocycles. The van der Waals surface area contributed by atoms with E-state index in [4.69, 9.17) is 4.74 Å². The standard InChI is InChI=1S/C14H8NO2/c16-9-17-14-7-3-6-13-11(14)8-10-4-1-2-5-12(10)15-13/h1-8H. The first-order chi connectivity index (χ1) is 8.38. The van der Waals surface area contributed by atoms with Gasteiger partial charge in [-0.25, -0.2) is 9.78 Å². The summed E-state index contributed by atoms with van der Waals surface area (Å²) in [5.74, 6) is 0.482. The summed E-state index contributed by atoms with van der Waals surface area (Å²) in [5, 5.41) is 1.83. The fourth-order valence-electron chi connectivity index (χ4n) is 1.91. The van der Waals surface area contributed by atoms with Crippen molar-refractivity contribution < 1.29 is 9.53 Å². The third kappa shape index (κ3) is 1.61. The van der Waals surface area contributed by atoms with Crippen LogP contribution in [0, 0.1) is 0 Å². The van der Waals surface area contributed by atoms with Crippen LogP contribution in [0.2, 0.25) is 0 Å². The molecule has 0 saturated heterocycles. The first kappa shape index (κ1) is 9.78. The van der Waals surface area contributed by atoms with Crippen molar-refractivity contribution in [3.05, 3.63) is 48.5 Å². The minimum absolute atomic E-state index is 0.482. The number of benzene rings is 2. The van der Waals surface area contributed by atoms with E-state index in [-0.39, 0.29) is 0 Å². The van der Waals surface area contributed by atoms with E-state index in [0.29, 0.717) is 5.75 Å². The second-order valence-corrected chi connectivity index (χ2v) is 3.69. The number of pyridine rings is 1. The van der Waals surface area contributed by atoms with E-state index in [9.17, 15) is 4.79 Å². The van der Waals surface area contributed by atoms with E-state index >= 15 is 0 Å². The lowest BCUT2D eigenvalue weighted by Gasteiger charge is -2.04. The molecule has 0 atom stereocenters. The summed E-state index contributed by atoms with van der Waals surface area (Å²) >= 11 is 0. The summed E-state index contributed by atoms with van der Waals surface area (Å²) in [6, 6.07) is 15.2. The summed E-state index contributed by atoms with van der Waals surface area (Å²) in [7, 11) is 0. The Morgan fingerprint density at radius 1 is 1.00 bits per heavy atom. The van der Waals surface area contributed by atoms with Crippen LogP contribution in [0.5, 0.6) is 5.75 Å². The Hall–Kier alpha value is -2.42. The highest BCUT2D eigenvalue weighted by Gasteiger charge is 2.05. The van der Waals surface area contributed by atoms with Crippen LogP contribution in [0.25, 0.3) is 21.8 Å². The fraction of sp³-hybridized carbons (Fsp3) is 0. The Kier molecular flexibility index (Phi) is 2.22. The molecule has 3 nitrogen and oxygen atoms in total. The molecule has 0 unspecified atom stereocenters. The van der Waals surface area contributed by atoms with Crippen molar-refractivity contribution in [3.8, 4) is 5.75 Å². The van der Waals surface area contributed by atoms with Gasteiger partial charge < -0.3 is 4.74 Å². The number of para-hydroxylation sites is 1. The van der Waals surface area contributed by atoms with E-state index < -0.39 is 0 Å². The molecule has 0 saturated carbocycles. The Balaban J connectivity index is 2.39. The van der Waals surface area contributed by atoms with Crippen LogP contribution < -0.4 is 4.74 Å². The molecule has 0 aliphatic carbocycles. The molecule has 0 N–H and O–H groups in total. The molecule has 1 aromatic heterocycles. The summed E-state index contributed by atoms with van der Waals surface area (Å²) in [4.78, 5) is 14.8. The smallest absolute Gasteiger partial charge is 0.417 e. The molecule has 1 radical (unpaired) electrons. The lowest BCUT2D eigenvalue weighted by Crippen LogP contribution is -1.90. The zero-order chi connectivity index (χ0) is 11.7. The summed E-state index contributed by atoms with van der Waals surface area (Å²) < 4.78 is 4.82. The maximum atomic E-state index is 10.3. The zero-order valence-corrected chi connectivity index (χ0v) is 8.88. The average molecular weight is 222 g/mol. The van der Waals surface area contributed by atoms with Gasteiger partial charge in [0.05, 0.1) is 11.0 Å². The second-order valence-electron chi connectivity index (χ2n) is 3.69. The van der Waals surface area contributed by atoms with Gasteiger partial charge in [-0.15, -0.1) is 0 Å². The zero-order valence-electron chi connectivity index (χ0n) is 8.88. The molecule has 81 valence electrons. The highest BCUT2D eigenvalue weighted by Crippen LogP contribution is 2.27. The predicted octanol–water partition coefficient (Wildman–Crippen LogP) is 2.83. The van der Waals surface area contributed by atoms with Crippen LogP contribution in [-0.4, -0.2) is 11.5 Å². The maximum absolute atomic E-state index is 10.3. The maximum Gasteiger partial charge on any atom is 0.423 e. The van der Waals surface area contributed by atoms with E-state index in [0.717, 1.165) is 21.8 Å². The van der Waals surface area contributed by atoms with Gasteiger partial charge in [-0.2, -0.15) is 0 Å². The normalized spacial score (nSPS) is 10.6. The van der Waals surface area contributed by atoms with Crippen LogP contribution in [0.3, 0.4) is 0 Å². The van der Waals surface area contributed by atoms with E-state index in [2.05, 4.69) is 4.98 Å². The van der Waals surface area contributed by atoms with Crippen molar-refractivity contribution >= 4 is 28.3 Å². The SMILES string of the molecule is O=[C]Oc1cccc2nc3ccccc3cc12. The first-order valence-electron chi connectivity index (χ1n) is 5.21. The van der Waals surface area contributed by atoms with Gasteiger partial charge in [0.1, 0.15) is 5.75 Å². The van der Waals surface area contributed by atoms with Gasteiger partial charge in [0, 0.05) is 10.8 Å². The summed E-state index contributed by atoms with van der Waals surface area (Å²) in [5.41, 5.74) is 1.73. The van der Waals surface area contributed by atoms with Crippen molar-refractivity contribution in [3.63, 3.8) is 0 Å². The average Bonchev–Trinajstić information content (AvgIpc) is 2.37. The Labute approximate surface area is 97.7 Å². The van der Waals surface area contributed by atoms with Gasteiger partial charge in [0.15, 0.2) is 0 Å². The van der Waals surface area contributed by atoms with Gasteiger partial charge in [-0.1, -0.05) is 24.3 Å². The molecule has 0 amide bonds. The first-order valence-corrected chi connectivity index (χ1v) is 5.21. The van der Waals surface area contributed by atoms with Crippen LogP contribution in [0.4, 0.5) is 0 Å². The Morgan fingerprint density at radius 3 is 2.71 bits per heavy atom. The van der Waals surface area contributed by atoms with Crippen LogP contribution in [0.15, 0.2) is 48.5 Å². The van der Waals surface area contributed by atoms with Crippen LogP contribution >= 0.6 is 0 Å². The molecular weight excluding hydrogens is 214 g/mol. The predicted molar refractivity (Wildman–Crippen MR) is 65.6 cm³/mol. The van der Waals surface area contributed by atoms with Crippen molar-refractivity contribution in [2.75, 3.05) is 0 Å². The van der Waals surface area contributed by atoms with Crippen LogP contribution in [0.1, 0.15) is 0 Å². The number of carbonyl (C=O) groups excluding carboxylic acids is 1. The van der Waals surface area contributed by atoms with Gasteiger partial charge >= 0.3 is 6.47 Å². The molecule has 0 bridgehead atoms. The van der Waals surface area contributed by atoms with Gasteiger partial charge in [-0.3, -0.25) is 0 Å². The minimum atomic E-state index is 0.482. The minimum Gasteiger partial charge on any atom is -0.417 e. The topological polar surface area (TPSA) is 39.2 Å². The lowest BCUT2D eigenvalue weighted by molar-refractivity contribution is 0.445. The monoisotopic (exact) mass is 222 g/mol. The van der Waals surface area contributed by atoms with Crippen molar-refractivity contribution in [2.24, 2.45) is 0 Å². The fourth-order valence-corrected chi connectivity index (χ4v) is 1.91. The van der Waals surface area contributed by atoms with Crippen molar-refractivity contribution in [1.82, 2.24) is 4.98 Å². The molecular formula is C14H8NO2. The van der Waals surface area contributed by atoms with Gasteiger partial charge in [0.25, 0.3) is 0 Å².